The average molecular weight is 346 g/mol. The standard InChI is InChI=1S/C17H16BrNO2/c1-4-9-19(11-14-7-5-12(2)6-8-14)17(20)16-13(3)10-15(18)21-16/h1,5-8,10H,9,11H2,2-3H3. The minimum atomic E-state index is -0.197. The topological polar surface area (TPSA) is 33.5 Å². The molecular formula is C17H16BrNO2. The second-order valence-corrected chi connectivity index (χ2v) is 5.70. The second-order valence-electron chi connectivity index (χ2n) is 4.91. The lowest BCUT2D eigenvalue weighted by molar-refractivity contribution is 0.0731. The van der Waals surface area contributed by atoms with Gasteiger partial charge in [-0.1, -0.05) is 35.7 Å². The van der Waals surface area contributed by atoms with E-state index in [4.69, 9.17) is 10.8 Å². The molecule has 0 saturated heterocycles. The zero-order valence-electron chi connectivity index (χ0n) is 12.0. The fourth-order valence-electron chi connectivity index (χ4n) is 2.02. The van der Waals surface area contributed by atoms with Gasteiger partial charge < -0.3 is 9.32 Å². The minimum Gasteiger partial charge on any atom is -0.444 e. The third-order valence-electron chi connectivity index (χ3n) is 3.15. The van der Waals surface area contributed by atoms with Gasteiger partial charge in [0.2, 0.25) is 0 Å². The Balaban J connectivity index is 2.22. The number of hydrogen-bond donors (Lipinski definition) is 0. The summed E-state index contributed by atoms with van der Waals surface area (Å²) in [6.45, 7) is 4.56. The van der Waals surface area contributed by atoms with Gasteiger partial charge in [-0.2, -0.15) is 0 Å². The van der Waals surface area contributed by atoms with Crippen molar-refractivity contribution in [1.82, 2.24) is 4.90 Å². The summed E-state index contributed by atoms with van der Waals surface area (Å²) < 4.78 is 5.96. The van der Waals surface area contributed by atoms with Gasteiger partial charge in [-0.3, -0.25) is 4.79 Å². The van der Waals surface area contributed by atoms with Crippen LogP contribution in [0.5, 0.6) is 0 Å². The average Bonchev–Trinajstić information content (AvgIpc) is 2.79. The number of hydrogen-bond acceptors (Lipinski definition) is 2. The Bertz CT molecular complexity index is 680. The zero-order valence-corrected chi connectivity index (χ0v) is 13.6. The van der Waals surface area contributed by atoms with Gasteiger partial charge in [-0.25, -0.2) is 0 Å². The molecule has 2 aromatic rings. The molecule has 0 bridgehead atoms. The summed E-state index contributed by atoms with van der Waals surface area (Å²) in [7, 11) is 0. The summed E-state index contributed by atoms with van der Waals surface area (Å²) >= 11 is 3.24. The van der Waals surface area contributed by atoms with Crippen molar-refractivity contribution in [2.75, 3.05) is 6.54 Å². The lowest BCUT2D eigenvalue weighted by atomic mass is 10.1. The molecule has 4 heteroatoms. The van der Waals surface area contributed by atoms with E-state index in [-0.39, 0.29) is 12.5 Å². The Morgan fingerprint density at radius 2 is 2.00 bits per heavy atom. The molecule has 1 heterocycles. The first-order chi connectivity index (χ1) is 10.0. The third-order valence-corrected chi connectivity index (χ3v) is 3.54. The molecule has 0 N–H and O–H groups in total. The summed E-state index contributed by atoms with van der Waals surface area (Å²) in [6, 6.07) is 9.80. The molecular weight excluding hydrogens is 330 g/mol. The van der Waals surface area contributed by atoms with Crippen molar-refractivity contribution in [1.29, 1.82) is 0 Å². The van der Waals surface area contributed by atoms with Crippen molar-refractivity contribution in [2.45, 2.75) is 20.4 Å². The molecule has 0 atom stereocenters. The van der Waals surface area contributed by atoms with Crippen LogP contribution in [0.4, 0.5) is 0 Å². The highest BCUT2D eigenvalue weighted by atomic mass is 79.9. The molecule has 0 aliphatic heterocycles. The van der Waals surface area contributed by atoms with Crippen molar-refractivity contribution in [3.05, 3.63) is 57.5 Å². The molecule has 3 nitrogen and oxygen atoms in total. The number of rotatable bonds is 4. The molecule has 21 heavy (non-hydrogen) atoms. The summed E-state index contributed by atoms with van der Waals surface area (Å²) in [6.07, 6.45) is 5.38. The van der Waals surface area contributed by atoms with Crippen LogP contribution in [0.15, 0.2) is 39.4 Å². The normalized spacial score (nSPS) is 10.2. The maximum absolute atomic E-state index is 12.6. The van der Waals surface area contributed by atoms with E-state index in [1.165, 1.54) is 5.56 Å². The van der Waals surface area contributed by atoms with Gasteiger partial charge in [-0.15, -0.1) is 6.42 Å². The van der Waals surface area contributed by atoms with E-state index in [1.54, 1.807) is 11.0 Å². The summed E-state index contributed by atoms with van der Waals surface area (Å²) in [5, 5.41) is 0. The number of benzene rings is 1. The van der Waals surface area contributed by atoms with Crippen LogP contribution in [0, 0.1) is 26.2 Å². The largest absolute Gasteiger partial charge is 0.444 e. The van der Waals surface area contributed by atoms with Crippen LogP contribution in [0.25, 0.3) is 0 Å². The summed E-state index contributed by atoms with van der Waals surface area (Å²) in [5.41, 5.74) is 3.00. The molecule has 1 aromatic heterocycles. The lowest BCUT2D eigenvalue weighted by Crippen LogP contribution is -2.31. The predicted octanol–water partition coefficient (Wildman–Crippen LogP) is 3.93. The fraction of sp³-hybridized carbons (Fsp3) is 0.235. The highest BCUT2D eigenvalue weighted by Crippen LogP contribution is 2.21. The SMILES string of the molecule is C#CCN(Cc1ccc(C)cc1)C(=O)c1oc(Br)cc1C. The Kier molecular flexibility index (Phi) is 4.87. The van der Waals surface area contributed by atoms with Crippen LogP contribution >= 0.6 is 15.9 Å². The predicted molar refractivity (Wildman–Crippen MR) is 85.9 cm³/mol. The van der Waals surface area contributed by atoms with Crippen LogP contribution in [-0.2, 0) is 6.54 Å². The molecule has 0 aliphatic rings. The first kappa shape index (κ1) is 15.4. The van der Waals surface area contributed by atoms with E-state index < -0.39 is 0 Å². The molecule has 2 rings (SSSR count). The molecule has 0 unspecified atom stereocenters. The number of nitrogens with zero attached hydrogens (tertiary/aromatic N) is 1. The number of carbonyl (C=O) groups is 1. The van der Waals surface area contributed by atoms with E-state index in [0.29, 0.717) is 17.0 Å². The van der Waals surface area contributed by atoms with E-state index in [2.05, 4.69) is 21.9 Å². The second kappa shape index (κ2) is 6.64. The van der Waals surface area contributed by atoms with Crippen molar-refractivity contribution in [2.24, 2.45) is 0 Å². The van der Waals surface area contributed by atoms with Crippen molar-refractivity contribution in [3.63, 3.8) is 0 Å². The third kappa shape index (κ3) is 3.77. The first-order valence-electron chi connectivity index (χ1n) is 6.55. The highest BCUT2D eigenvalue weighted by molar-refractivity contribution is 9.10. The maximum atomic E-state index is 12.6. The Hall–Kier alpha value is -1.99. The quantitative estimate of drug-likeness (QED) is 0.786. The molecule has 0 fully saturated rings. The maximum Gasteiger partial charge on any atom is 0.290 e. The molecule has 1 amide bonds. The smallest absolute Gasteiger partial charge is 0.290 e. The number of aryl methyl sites for hydroxylation is 2. The first-order valence-corrected chi connectivity index (χ1v) is 7.34. The number of terminal acetylenes is 1. The molecule has 0 spiro atoms. The van der Waals surface area contributed by atoms with Crippen LogP contribution in [0.2, 0.25) is 0 Å². The van der Waals surface area contributed by atoms with E-state index in [1.807, 2.05) is 38.1 Å². The molecule has 0 radical (unpaired) electrons. The van der Waals surface area contributed by atoms with Crippen LogP contribution < -0.4 is 0 Å². The number of carbonyl (C=O) groups excluding carboxylic acids is 1. The van der Waals surface area contributed by atoms with Gasteiger partial charge in [-0.05, 0) is 41.4 Å². The minimum absolute atomic E-state index is 0.197. The fourth-order valence-corrected chi connectivity index (χ4v) is 2.53. The van der Waals surface area contributed by atoms with Gasteiger partial charge in [0.25, 0.3) is 5.91 Å². The number of furan rings is 1. The van der Waals surface area contributed by atoms with Gasteiger partial charge in [0, 0.05) is 12.1 Å². The molecule has 1 aromatic carbocycles. The van der Waals surface area contributed by atoms with Gasteiger partial charge >= 0.3 is 0 Å². The van der Waals surface area contributed by atoms with E-state index in [0.717, 1.165) is 11.1 Å². The summed E-state index contributed by atoms with van der Waals surface area (Å²) in [4.78, 5) is 14.2. The van der Waals surface area contributed by atoms with Crippen LogP contribution in [0.1, 0.15) is 27.2 Å². The van der Waals surface area contributed by atoms with Crippen LogP contribution in [-0.4, -0.2) is 17.4 Å². The molecule has 0 saturated carbocycles. The number of amides is 1. The van der Waals surface area contributed by atoms with Crippen molar-refractivity contribution in [3.8, 4) is 12.3 Å². The van der Waals surface area contributed by atoms with E-state index >= 15 is 0 Å². The zero-order chi connectivity index (χ0) is 15.4. The lowest BCUT2D eigenvalue weighted by Gasteiger charge is -2.19. The Morgan fingerprint density at radius 1 is 1.33 bits per heavy atom. The van der Waals surface area contributed by atoms with Gasteiger partial charge in [0.05, 0.1) is 6.54 Å². The van der Waals surface area contributed by atoms with Crippen LogP contribution in [0.3, 0.4) is 0 Å². The van der Waals surface area contributed by atoms with E-state index in [9.17, 15) is 4.79 Å². The van der Waals surface area contributed by atoms with Gasteiger partial charge in [0.15, 0.2) is 10.4 Å². The monoisotopic (exact) mass is 345 g/mol. The Labute approximate surface area is 133 Å². The van der Waals surface area contributed by atoms with Crippen molar-refractivity contribution < 1.29 is 9.21 Å². The van der Waals surface area contributed by atoms with Gasteiger partial charge in [0.1, 0.15) is 0 Å². The Morgan fingerprint density at radius 3 is 2.52 bits per heavy atom. The van der Waals surface area contributed by atoms with Crippen molar-refractivity contribution >= 4 is 21.8 Å². The highest BCUT2D eigenvalue weighted by Gasteiger charge is 2.21. The number of halogens is 1. The molecule has 0 aliphatic carbocycles. The molecule has 108 valence electrons. The summed E-state index contributed by atoms with van der Waals surface area (Å²) in [5.74, 6) is 2.65.